The van der Waals surface area contributed by atoms with Gasteiger partial charge in [0.2, 0.25) is 0 Å². The molecule has 0 unspecified atom stereocenters. The molecule has 6 heteroatoms. The molecule has 4 aromatic carbocycles. The van der Waals surface area contributed by atoms with Gasteiger partial charge in [-0.3, -0.25) is 0 Å². The van der Waals surface area contributed by atoms with Gasteiger partial charge >= 0.3 is 233 Å². The van der Waals surface area contributed by atoms with Gasteiger partial charge in [-0.15, -0.1) is 0 Å². The van der Waals surface area contributed by atoms with E-state index in [2.05, 4.69) is 48.9 Å². The fourth-order valence-electron chi connectivity index (χ4n) is 4.05. The molecule has 4 rings (SSSR count). The van der Waals surface area contributed by atoms with Crippen LogP contribution in [0.2, 0.25) is 0 Å². The predicted octanol–water partition coefficient (Wildman–Crippen LogP) is 5.88. The molecule has 1 N–H and O–H groups in total. The molecule has 0 amide bonds. The van der Waals surface area contributed by atoms with Crippen molar-refractivity contribution in [3.63, 3.8) is 0 Å². The summed E-state index contributed by atoms with van der Waals surface area (Å²) in [6.45, 7) is 8.39. The molecule has 0 aliphatic carbocycles. The first-order valence-electron chi connectivity index (χ1n) is 12.4. The summed E-state index contributed by atoms with van der Waals surface area (Å²) in [5, 5.41) is 0. The van der Waals surface area contributed by atoms with E-state index in [-0.39, 0.29) is 31.7 Å². The molecule has 0 aliphatic heterocycles. The Kier molecular flexibility index (Phi) is 9.69. The number of hydrogen-bond acceptors (Lipinski definition) is 2. The van der Waals surface area contributed by atoms with Gasteiger partial charge in [0.15, 0.2) is 0 Å². The van der Waals surface area contributed by atoms with Gasteiger partial charge in [0.25, 0.3) is 0 Å². The average molecular weight is 595 g/mol. The second-order valence-corrected chi connectivity index (χ2v) is 14.7. The van der Waals surface area contributed by atoms with Crippen molar-refractivity contribution in [1.29, 1.82) is 0 Å². The van der Waals surface area contributed by atoms with Crippen molar-refractivity contribution >= 4 is 41.2 Å². The standard InChI is InChI=1S/C31H33NO2S2Se/c1-22(2)30(32-36(34)26-20-16-24(4)17-21-26)31(37-27-10-6-5-7-11-27)28-12-8-9-13-29(28)35(33)25-18-14-23(3)15-19-25/h5-22,30-32H,1-4H3/t30-,31-,35-,36-/m0/s1. The zero-order valence-corrected chi connectivity index (χ0v) is 24.9. The quantitative estimate of drug-likeness (QED) is 0.233. The van der Waals surface area contributed by atoms with Crippen LogP contribution < -0.4 is 9.18 Å². The van der Waals surface area contributed by atoms with E-state index in [9.17, 15) is 8.42 Å². The molecule has 0 saturated heterocycles. The molecule has 0 saturated carbocycles. The molecule has 0 spiro atoms. The van der Waals surface area contributed by atoms with Gasteiger partial charge < -0.3 is 0 Å². The first-order chi connectivity index (χ1) is 17.8. The van der Waals surface area contributed by atoms with E-state index in [1.165, 1.54) is 4.46 Å². The van der Waals surface area contributed by atoms with E-state index in [4.69, 9.17) is 0 Å². The third-order valence-corrected chi connectivity index (χ3v) is 11.7. The Bertz CT molecular complexity index is 1360. The molecule has 0 aliphatic rings. The Morgan fingerprint density at radius 3 is 1.81 bits per heavy atom. The summed E-state index contributed by atoms with van der Waals surface area (Å²) in [5.74, 6) is 0.200. The van der Waals surface area contributed by atoms with E-state index >= 15 is 0 Å². The van der Waals surface area contributed by atoms with Crippen LogP contribution in [0.15, 0.2) is 118 Å². The summed E-state index contributed by atoms with van der Waals surface area (Å²) < 4.78 is 32.0. The van der Waals surface area contributed by atoms with Crippen molar-refractivity contribution < 1.29 is 8.42 Å². The summed E-state index contributed by atoms with van der Waals surface area (Å²) in [6.07, 6.45) is 0. The maximum absolute atomic E-state index is 13.8. The molecular formula is C31H33NO2S2Se. The second-order valence-electron chi connectivity index (χ2n) is 9.44. The molecule has 0 radical (unpaired) electrons. The van der Waals surface area contributed by atoms with Crippen LogP contribution in [0.5, 0.6) is 0 Å². The van der Waals surface area contributed by atoms with Crippen molar-refractivity contribution in [1.82, 2.24) is 4.72 Å². The molecule has 3 nitrogen and oxygen atoms in total. The van der Waals surface area contributed by atoms with Gasteiger partial charge in [-0.25, -0.2) is 0 Å². The van der Waals surface area contributed by atoms with Crippen molar-refractivity contribution in [2.24, 2.45) is 5.92 Å². The fraction of sp³-hybridized carbons (Fsp3) is 0.226. The van der Waals surface area contributed by atoms with Crippen molar-refractivity contribution in [3.05, 3.63) is 120 Å². The van der Waals surface area contributed by atoms with Gasteiger partial charge in [0.1, 0.15) is 0 Å². The van der Waals surface area contributed by atoms with Gasteiger partial charge in [-0.05, 0) is 0 Å². The number of benzene rings is 4. The summed E-state index contributed by atoms with van der Waals surface area (Å²) in [4.78, 5) is 2.40. The van der Waals surface area contributed by atoms with Crippen molar-refractivity contribution in [2.45, 2.75) is 53.2 Å². The van der Waals surface area contributed by atoms with Crippen molar-refractivity contribution in [2.75, 3.05) is 0 Å². The summed E-state index contributed by atoms with van der Waals surface area (Å²) >= 11 is 0.00819. The summed E-state index contributed by atoms with van der Waals surface area (Å²) in [5.41, 5.74) is 3.33. The van der Waals surface area contributed by atoms with Crippen LogP contribution in [0.3, 0.4) is 0 Å². The topological polar surface area (TPSA) is 46.2 Å². The first-order valence-corrected chi connectivity index (χ1v) is 16.5. The molecule has 0 fully saturated rings. The molecular weight excluding hydrogens is 561 g/mol. The maximum atomic E-state index is 13.8. The monoisotopic (exact) mass is 595 g/mol. The Balaban J connectivity index is 1.76. The molecule has 0 bridgehead atoms. The summed E-state index contributed by atoms with van der Waals surface area (Å²) in [6, 6.07) is 34.2. The van der Waals surface area contributed by atoms with Gasteiger partial charge in [-0.2, -0.15) is 0 Å². The Morgan fingerprint density at radius 2 is 1.22 bits per heavy atom. The van der Waals surface area contributed by atoms with Gasteiger partial charge in [0, 0.05) is 0 Å². The third kappa shape index (κ3) is 7.16. The fourth-order valence-corrected chi connectivity index (χ4v) is 9.92. The SMILES string of the molecule is Cc1ccc([S@](=O)c2ccccc2[C@H]([Se]c2ccccc2)[C@@H](N[S@@](=O)c2ccc(C)cc2)C(C)C)cc1. The van der Waals surface area contributed by atoms with Crippen LogP contribution >= 0.6 is 0 Å². The predicted molar refractivity (Wildman–Crippen MR) is 156 cm³/mol. The van der Waals surface area contributed by atoms with Gasteiger partial charge in [0.05, 0.1) is 0 Å². The normalized spacial score (nSPS) is 14.7. The van der Waals surface area contributed by atoms with Gasteiger partial charge in [-0.1, -0.05) is 0 Å². The minimum absolute atomic E-state index is 0.00819. The first kappa shape index (κ1) is 27.7. The Morgan fingerprint density at radius 1 is 0.676 bits per heavy atom. The number of nitrogens with one attached hydrogen (secondary N) is 1. The number of rotatable bonds is 10. The Labute approximate surface area is 232 Å². The van der Waals surface area contributed by atoms with Crippen LogP contribution in [0.25, 0.3) is 0 Å². The summed E-state index contributed by atoms with van der Waals surface area (Å²) in [7, 11) is -2.69. The van der Waals surface area contributed by atoms with E-state index in [0.717, 1.165) is 31.4 Å². The van der Waals surface area contributed by atoms with E-state index in [0.29, 0.717) is 0 Å². The second kappa shape index (κ2) is 12.9. The molecule has 0 heterocycles. The molecule has 0 aromatic heterocycles. The molecule has 4 aromatic rings. The van der Waals surface area contributed by atoms with Crippen LogP contribution in [0.1, 0.15) is 35.4 Å². The van der Waals surface area contributed by atoms with E-state index in [1.807, 2.05) is 86.6 Å². The van der Waals surface area contributed by atoms with Crippen LogP contribution in [0.4, 0.5) is 0 Å². The zero-order chi connectivity index (χ0) is 26.4. The zero-order valence-electron chi connectivity index (χ0n) is 21.6. The van der Waals surface area contributed by atoms with Crippen LogP contribution in [0, 0.1) is 19.8 Å². The van der Waals surface area contributed by atoms with E-state index in [1.54, 1.807) is 0 Å². The molecule has 4 atom stereocenters. The third-order valence-electron chi connectivity index (χ3n) is 6.19. The van der Waals surface area contributed by atoms with Crippen LogP contribution in [-0.2, 0) is 21.8 Å². The molecule has 192 valence electrons. The molecule has 37 heavy (non-hydrogen) atoms. The number of hydrogen-bond donors (Lipinski definition) is 1. The Hall–Kier alpha value is -2.34. The minimum atomic E-state index is -1.37. The van der Waals surface area contributed by atoms with Crippen LogP contribution in [-0.4, -0.2) is 29.4 Å². The average Bonchev–Trinajstić information content (AvgIpc) is 2.91. The van der Waals surface area contributed by atoms with Crippen molar-refractivity contribution in [3.8, 4) is 0 Å². The number of aryl methyl sites for hydroxylation is 2. The van der Waals surface area contributed by atoms with E-state index < -0.39 is 21.8 Å².